The third-order valence-corrected chi connectivity index (χ3v) is 4.62. The molecule has 28 heavy (non-hydrogen) atoms. The van der Waals surface area contributed by atoms with Crippen molar-refractivity contribution in [1.29, 1.82) is 0 Å². The predicted molar refractivity (Wildman–Crippen MR) is 113 cm³/mol. The van der Waals surface area contributed by atoms with Crippen molar-refractivity contribution in [2.24, 2.45) is 0 Å². The summed E-state index contributed by atoms with van der Waals surface area (Å²) in [6.07, 6.45) is 3.38. The highest BCUT2D eigenvalue weighted by Crippen LogP contribution is 2.24. The maximum absolute atomic E-state index is 12.5. The molecule has 4 rings (SSSR count). The largest absolute Gasteiger partial charge is 0.348 e. The molecule has 0 aliphatic heterocycles. The minimum Gasteiger partial charge on any atom is -0.348 e. The summed E-state index contributed by atoms with van der Waals surface area (Å²) in [7, 11) is 0. The molecule has 0 saturated heterocycles. The van der Waals surface area contributed by atoms with Gasteiger partial charge in [-0.1, -0.05) is 84.9 Å². The first-order valence-electron chi connectivity index (χ1n) is 9.23. The molecule has 4 aromatic rings. The Morgan fingerprint density at radius 2 is 1.25 bits per heavy atom. The second-order valence-corrected chi connectivity index (χ2v) is 6.57. The lowest BCUT2D eigenvalue weighted by Crippen LogP contribution is -2.22. The van der Waals surface area contributed by atoms with E-state index in [4.69, 9.17) is 0 Å². The Hall–Kier alpha value is -3.72. The average Bonchev–Trinajstić information content (AvgIpc) is 2.79. The lowest BCUT2D eigenvalue weighted by Gasteiger charge is -2.08. The summed E-state index contributed by atoms with van der Waals surface area (Å²) in [5.74, 6) is -0.126. The van der Waals surface area contributed by atoms with Crippen molar-refractivity contribution in [3.05, 3.63) is 115 Å². The summed E-state index contributed by atoms with van der Waals surface area (Å²) >= 11 is 0. The van der Waals surface area contributed by atoms with Crippen LogP contribution in [-0.2, 0) is 6.54 Å². The third-order valence-electron chi connectivity index (χ3n) is 4.62. The topological polar surface area (TPSA) is 42.0 Å². The number of hydrogen-bond donors (Lipinski definition) is 1. The number of rotatable bonds is 5. The van der Waals surface area contributed by atoms with Gasteiger partial charge in [0.1, 0.15) is 0 Å². The quantitative estimate of drug-likeness (QED) is 0.519. The van der Waals surface area contributed by atoms with Gasteiger partial charge in [-0.15, -0.1) is 0 Å². The molecule has 0 atom stereocenters. The number of carbonyl (C=O) groups excluding carboxylic acids is 1. The highest BCUT2D eigenvalue weighted by Gasteiger charge is 2.08. The summed E-state index contributed by atoms with van der Waals surface area (Å²) in [6.45, 7) is 0.496. The van der Waals surface area contributed by atoms with Gasteiger partial charge in [0.25, 0.3) is 5.91 Å². The fourth-order valence-corrected chi connectivity index (χ4v) is 3.09. The lowest BCUT2D eigenvalue weighted by molar-refractivity contribution is 0.0950. The fourth-order valence-electron chi connectivity index (χ4n) is 3.09. The van der Waals surface area contributed by atoms with Crippen molar-refractivity contribution in [3.8, 4) is 22.3 Å². The van der Waals surface area contributed by atoms with Crippen LogP contribution in [0.1, 0.15) is 15.9 Å². The molecular formula is C25H20N2O. The lowest BCUT2D eigenvalue weighted by atomic mass is 10.0. The monoisotopic (exact) mass is 364 g/mol. The van der Waals surface area contributed by atoms with Crippen molar-refractivity contribution in [1.82, 2.24) is 10.3 Å². The van der Waals surface area contributed by atoms with Crippen molar-refractivity contribution in [2.75, 3.05) is 0 Å². The number of nitrogens with one attached hydrogen (secondary N) is 1. The molecule has 1 N–H and O–H groups in total. The van der Waals surface area contributed by atoms with E-state index in [1.54, 1.807) is 12.4 Å². The number of pyridine rings is 1. The molecule has 0 bridgehead atoms. The van der Waals surface area contributed by atoms with Gasteiger partial charge in [-0.25, -0.2) is 0 Å². The van der Waals surface area contributed by atoms with E-state index in [9.17, 15) is 4.79 Å². The number of nitrogens with zero attached hydrogens (tertiary/aromatic N) is 1. The van der Waals surface area contributed by atoms with E-state index in [2.05, 4.69) is 46.7 Å². The summed E-state index contributed by atoms with van der Waals surface area (Å²) < 4.78 is 0. The maximum atomic E-state index is 12.5. The second kappa shape index (κ2) is 8.31. The van der Waals surface area contributed by atoms with Crippen LogP contribution in [-0.4, -0.2) is 10.9 Å². The zero-order valence-corrected chi connectivity index (χ0v) is 15.4. The molecule has 1 heterocycles. The smallest absolute Gasteiger partial charge is 0.253 e. The Morgan fingerprint density at radius 3 is 1.93 bits per heavy atom. The highest BCUT2D eigenvalue weighted by atomic mass is 16.1. The van der Waals surface area contributed by atoms with Crippen LogP contribution in [0.3, 0.4) is 0 Å². The molecule has 3 heteroatoms. The molecule has 0 fully saturated rings. The summed E-state index contributed by atoms with van der Waals surface area (Å²) in [4.78, 5) is 16.7. The number of benzene rings is 3. The zero-order chi connectivity index (χ0) is 19.2. The van der Waals surface area contributed by atoms with Crippen LogP contribution in [0.4, 0.5) is 0 Å². The maximum Gasteiger partial charge on any atom is 0.253 e. The van der Waals surface area contributed by atoms with Gasteiger partial charge in [-0.3, -0.25) is 9.78 Å². The molecule has 0 aliphatic rings. The zero-order valence-electron chi connectivity index (χ0n) is 15.4. The van der Waals surface area contributed by atoms with Crippen molar-refractivity contribution >= 4 is 5.91 Å². The molecule has 0 unspecified atom stereocenters. The number of carbonyl (C=O) groups is 1. The first-order valence-corrected chi connectivity index (χ1v) is 9.23. The van der Waals surface area contributed by atoms with Crippen LogP contribution < -0.4 is 5.32 Å². The van der Waals surface area contributed by atoms with Crippen molar-refractivity contribution < 1.29 is 4.79 Å². The molecule has 0 saturated carbocycles. The molecule has 1 aromatic heterocycles. The van der Waals surface area contributed by atoms with Crippen LogP contribution in [0, 0.1) is 0 Å². The first kappa shape index (κ1) is 17.7. The highest BCUT2D eigenvalue weighted by molar-refractivity contribution is 5.95. The Balaban J connectivity index is 1.49. The Kier molecular flexibility index (Phi) is 5.25. The SMILES string of the molecule is O=C(NCc1ccccc1)c1cncc(-c2ccc(-c3ccccc3)cc2)c1. The molecule has 0 aliphatic carbocycles. The van der Waals surface area contributed by atoms with Crippen LogP contribution in [0.2, 0.25) is 0 Å². The Bertz CT molecular complexity index is 1060. The normalized spacial score (nSPS) is 10.4. The summed E-state index contributed by atoms with van der Waals surface area (Å²) in [6, 6.07) is 30.3. The van der Waals surface area contributed by atoms with Gasteiger partial charge >= 0.3 is 0 Å². The van der Waals surface area contributed by atoms with Gasteiger partial charge in [0.05, 0.1) is 5.56 Å². The van der Waals surface area contributed by atoms with Crippen LogP contribution in [0.5, 0.6) is 0 Å². The summed E-state index contributed by atoms with van der Waals surface area (Å²) in [5.41, 5.74) is 5.92. The van der Waals surface area contributed by atoms with Gasteiger partial charge in [0.2, 0.25) is 0 Å². The van der Waals surface area contributed by atoms with E-state index in [0.717, 1.165) is 22.3 Å². The molecule has 136 valence electrons. The van der Waals surface area contributed by atoms with E-state index in [1.165, 1.54) is 5.56 Å². The van der Waals surface area contributed by atoms with E-state index >= 15 is 0 Å². The van der Waals surface area contributed by atoms with Crippen LogP contribution in [0.15, 0.2) is 103 Å². The minimum absolute atomic E-state index is 0.126. The minimum atomic E-state index is -0.126. The number of hydrogen-bond acceptors (Lipinski definition) is 2. The van der Waals surface area contributed by atoms with Gasteiger partial charge < -0.3 is 5.32 Å². The third kappa shape index (κ3) is 4.15. The van der Waals surface area contributed by atoms with Crippen LogP contribution in [0.25, 0.3) is 22.3 Å². The molecule has 1 amide bonds. The molecule has 3 nitrogen and oxygen atoms in total. The van der Waals surface area contributed by atoms with Crippen molar-refractivity contribution in [2.45, 2.75) is 6.54 Å². The second-order valence-electron chi connectivity index (χ2n) is 6.57. The van der Waals surface area contributed by atoms with Crippen LogP contribution >= 0.6 is 0 Å². The standard InChI is InChI=1S/C25H20N2O/c28-25(27-16-19-7-3-1-4-8-19)24-15-23(17-26-18-24)22-13-11-21(12-14-22)20-9-5-2-6-10-20/h1-15,17-18H,16H2,(H,27,28). The van der Waals surface area contributed by atoms with Gasteiger partial charge in [-0.05, 0) is 28.3 Å². The van der Waals surface area contributed by atoms with E-state index < -0.39 is 0 Å². The number of aromatic nitrogens is 1. The molecule has 0 radical (unpaired) electrons. The van der Waals surface area contributed by atoms with Gasteiger partial charge in [-0.2, -0.15) is 0 Å². The van der Waals surface area contributed by atoms with E-state index in [0.29, 0.717) is 12.1 Å². The molecule has 0 spiro atoms. The average molecular weight is 364 g/mol. The molecule has 3 aromatic carbocycles. The van der Waals surface area contributed by atoms with E-state index in [-0.39, 0.29) is 5.91 Å². The molecular weight excluding hydrogens is 344 g/mol. The predicted octanol–water partition coefficient (Wildman–Crippen LogP) is 5.35. The van der Waals surface area contributed by atoms with Crippen molar-refractivity contribution in [3.63, 3.8) is 0 Å². The Morgan fingerprint density at radius 1 is 0.679 bits per heavy atom. The summed E-state index contributed by atoms with van der Waals surface area (Å²) in [5, 5.41) is 2.95. The van der Waals surface area contributed by atoms with Gasteiger partial charge in [0.15, 0.2) is 0 Å². The Labute approximate surface area is 164 Å². The number of amides is 1. The van der Waals surface area contributed by atoms with Gasteiger partial charge in [0, 0.05) is 24.5 Å². The van der Waals surface area contributed by atoms with E-state index in [1.807, 2.05) is 54.6 Å². The fraction of sp³-hybridized carbons (Fsp3) is 0.0400. The first-order chi connectivity index (χ1) is 13.8.